The number of benzene rings is 1. The first-order valence-corrected chi connectivity index (χ1v) is 11.7. The highest BCUT2D eigenvalue weighted by Crippen LogP contribution is 2.21. The fourth-order valence-corrected chi connectivity index (χ4v) is 5.05. The molecule has 8 nitrogen and oxygen atoms in total. The lowest BCUT2D eigenvalue weighted by Crippen LogP contribution is -2.49. The van der Waals surface area contributed by atoms with Gasteiger partial charge in [-0.3, -0.25) is 24.5 Å². The van der Waals surface area contributed by atoms with Crippen LogP contribution in [0.4, 0.5) is 0 Å². The molecule has 1 aromatic carbocycles. The maximum Gasteiger partial charge on any atom is 0.267 e. The summed E-state index contributed by atoms with van der Waals surface area (Å²) in [6, 6.07) is 7.22. The van der Waals surface area contributed by atoms with E-state index in [4.69, 9.17) is 0 Å². The molecule has 5 rings (SSSR count). The second-order valence-corrected chi connectivity index (χ2v) is 8.98. The van der Waals surface area contributed by atoms with Gasteiger partial charge in [0.25, 0.3) is 11.5 Å². The lowest BCUT2D eigenvalue weighted by atomic mass is 10.1. The third-order valence-corrected chi connectivity index (χ3v) is 6.92. The number of carbonyl (C=O) groups excluding carboxylic acids is 1. The molecule has 0 radical (unpaired) electrons. The maximum absolute atomic E-state index is 12.9. The summed E-state index contributed by atoms with van der Waals surface area (Å²) in [5, 5.41) is 4.59. The van der Waals surface area contributed by atoms with Crippen molar-refractivity contribution in [2.75, 3.05) is 38.5 Å². The summed E-state index contributed by atoms with van der Waals surface area (Å²) in [5.41, 5.74) is 4.29. The van der Waals surface area contributed by atoms with Gasteiger partial charge in [0, 0.05) is 68.9 Å². The molecule has 0 atom stereocenters. The van der Waals surface area contributed by atoms with Gasteiger partial charge in [0.2, 0.25) is 0 Å². The topological polar surface area (TPSA) is 84.2 Å². The lowest BCUT2D eigenvalue weighted by Gasteiger charge is -2.34. The number of fused-ring (bicyclic) bond motifs is 2. The summed E-state index contributed by atoms with van der Waals surface area (Å²) in [7, 11) is 0. The first-order chi connectivity index (χ1) is 15.2. The zero-order chi connectivity index (χ0) is 21.2. The maximum atomic E-state index is 12.9. The van der Waals surface area contributed by atoms with Crippen LogP contribution in [0.25, 0.3) is 11.0 Å². The minimum Gasteiger partial charge on any atom is -0.336 e. The molecule has 4 heterocycles. The predicted molar refractivity (Wildman–Crippen MR) is 120 cm³/mol. The normalized spacial score (nSPS) is 17.0. The van der Waals surface area contributed by atoms with Gasteiger partial charge < -0.3 is 4.90 Å². The molecule has 1 fully saturated rings. The smallest absolute Gasteiger partial charge is 0.267 e. The van der Waals surface area contributed by atoms with Gasteiger partial charge in [-0.15, -0.1) is 0 Å². The Labute approximate surface area is 184 Å². The van der Waals surface area contributed by atoms with E-state index in [1.807, 2.05) is 34.9 Å². The van der Waals surface area contributed by atoms with E-state index in [0.29, 0.717) is 25.2 Å². The van der Waals surface area contributed by atoms with E-state index in [9.17, 15) is 9.59 Å². The van der Waals surface area contributed by atoms with E-state index in [1.54, 1.807) is 23.1 Å². The Kier molecular flexibility index (Phi) is 5.69. The number of amides is 1. The monoisotopic (exact) mass is 436 g/mol. The third kappa shape index (κ3) is 4.33. The second-order valence-electron chi connectivity index (χ2n) is 7.87. The van der Waals surface area contributed by atoms with Crippen molar-refractivity contribution in [3.8, 4) is 0 Å². The second kappa shape index (κ2) is 8.76. The fraction of sp³-hybridized carbons (Fsp3) is 0.409. The van der Waals surface area contributed by atoms with Gasteiger partial charge in [-0.05, 0) is 29.5 Å². The Morgan fingerprint density at radius 3 is 2.65 bits per heavy atom. The molecule has 2 aliphatic rings. The van der Waals surface area contributed by atoms with Crippen molar-refractivity contribution in [1.29, 1.82) is 0 Å². The van der Waals surface area contributed by atoms with Crippen molar-refractivity contribution >= 4 is 28.7 Å². The molecule has 1 saturated heterocycles. The number of hydrogen-bond acceptors (Lipinski definition) is 7. The molecule has 0 N–H and O–H groups in total. The molecule has 2 aromatic heterocycles. The van der Waals surface area contributed by atoms with Crippen molar-refractivity contribution in [2.24, 2.45) is 0 Å². The number of aromatic nitrogens is 4. The highest BCUT2D eigenvalue weighted by molar-refractivity contribution is 7.98. The third-order valence-electron chi connectivity index (χ3n) is 5.91. The van der Waals surface area contributed by atoms with Crippen LogP contribution in [0.3, 0.4) is 0 Å². The summed E-state index contributed by atoms with van der Waals surface area (Å²) in [4.78, 5) is 38.0. The molecule has 160 valence electrons. The van der Waals surface area contributed by atoms with Crippen LogP contribution < -0.4 is 5.56 Å². The SMILES string of the molecule is O=C(c1ccc2nccnc2c1)N1CCN(CCn2nc3c(cc2=O)CSCC3)CC1. The van der Waals surface area contributed by atoms with Crippen LogP contribution in [-0.2, 0) is 18.7 Å². The molecule has 0 spiro atoms. The first-order valence-electron chi connectivity index (χ1n) is 10.6. The quantitative estimate of drug-likeness (QED) is 0.612. The van der Waals surface area contributed by atoms with Gasteiger partial charge in [-0.2, -0.15) is 16.9 Å². The number of hydrogen-bond donors (Lipinski definition) is 0. The van der Waals surface area contributed by atoms with Crippen molar-refractivity contribution in [3.63, 3.8) is 0 Å². The first kappa shape index (κ1) is 20.1. The van der Waals surface area contributed by atoms with Gasteiger partial charge in [0.05, 0.1) is 23.3 Å². The Morgan fingerprint density at radius 1 is 1.00 bits per heavy atom. The van der Waals surface area contributed by atoms with Crippen LogP contribution in [0, 0.1) is 0 Å². The van der Waals surface area contributed by atoms with Crippen molar-refractivity contribution in [2.45, 2.75) is 18.7 Å². The summed E-state index contributed by atoms with van der Waals surface area (Å²) in [6.45, 7) is 4.25. The molecule has 2 aliphatic heterocycles. The van der Waals surface area contributed by atoms with Crippen molar-refractivity contribution < 1.29 is 4.79 Å². The van der Waals surface area contributed by atoms with E-state index in [1.165, 1.54) is 0 Å². The zero-order valence-corrected chi connectivity index (χ0v) is 18.1. The van der Waals surface area contributed by atoms with Crippen LogP contribution in [0.1, 0.15) is 21.6 Å². The number of carbonyl (C=O) groups is 1. The summed E-state index contributed by atoms with van der Waals surface area (Å²) in [5.74, 6) is 1.98. The molecule has 31 heavy (non-hydrogen) atoms. The molecule has 1 amide bonds. The minimum atomic E-state index is -0.0190. The molecule has 0 bridgehead atoms. The van der Waals surface area contributed by atoms with Crippen LogP contribution >= 0.6 is 11.8 Å². The molecule has 9 heteroatoms. The van der Waals surface area contributed by atoms with E-state index in [0.717, 1.165) is 59.9 Å². The molecular weight excluding hydrogens is 412 g/mol. The molecule has 0 aliphatic carbocycles. The van der Waals surface area contributed by atoms with Gasteiger partial charge in [-0.25, -0.2) is 4.68 Å². The zero-order valence-electron chi connectivity index (χ0n) is 17.2. The minimum absolute atomic E-state index is 0.0190. The Hall–Kier alpha value is -2.78. The lowest BCUT2D eigenvalue weighted by molar-refractivity contribution is 0.0631. The number of nitrogens with zero attached hydrogens (tertiary/aromatic N) is 6. The van der Waals surface area contributed by atoms with Crippen LogP contribution in [0.2, 0.25) is 0 Å². The number of thioether (sulfide) groups is 1. The number of aryl methyl sites for hydroxylation is 1. The molecule has 0 saturated carbocycles. The van der Waals surface area contributed by atoms with E-state index < -0.39 is 0 Å². The standard InChI is InChI=1S/C22H24N6O2S/c29-21-14-17-15-31-12-3-18(17)25-28(21)11-8-26-6-9-27(10-7-26)22(30)16-1-2-19-20(13-16)24-5-4-23-19/h1-2,4-5,13-14H,3,6-12,15H2. The van der Waals surface area contributed by atoms with Gasteiger partial charge in [0.1, 0.15) is 0 Å². The summed E-state index contributed by atoms with van der Waals surface area (Å²) < 4.78 is 1.60. The Morgan fingerprint density at radius 2 is 1.81 bits per heavy atom. The number of piperazine rings is 1. The van der Waals surface area contributed by atoms with Gasteiger partial charge >= 0.3 is 0 Å². The highest BCUT2D eigenvalue weighted by atomic mass is 32.2. The van der Waals surface area contributed by atoms with E-state index in [2.05, 4.69) is 20.0 Å². The molecule has 3 aromatic rings. The Balaban J connectivity index is 1.18. The van der Waals surface area contributed by atoms with Crippen molar-refractivity contribution in [3.05, 3.63) is 63.8 Å². The largest absolute Gasteiger partial charge is 0.336 e. The average Bonchev–Trinajstić information content (AvgIpc) is 2.82. The number of rotatable bonds is 4. The van der Waals surface area contributed by atoms with E-state index >= 15 is 0 Å². The fourth-order valence-electron chi connectivity index (χ4n) is 4.10. The van der Waals surface area contributed by atoms with Crippen LogP contribution in [-0.4, -0.2) is 73.9 Å². The molecular formula is C22H24N6O2S. The average molecular weight is 437 g/mol. The summed E-state index contributed by atoms with van der Waals surface area (Å²) in [6.07, 6.45) is 4.22. The molecule has 0 unspecified atom stereocenters. The van der Waals surface area contributed by atoms with Crippen LogP contribution in [0.15, 0.2) is 41.5 Å². The van der Waals surface area contributed by atoms with Gasteiger partial charge in [0.15, 0.2) is 0 Å². The van der Waals surface area contributed by atoms with Gasteiger partial charge in [-0.1, -0.05) is 0 Å². The summed E-state index contributed by atoms with van der Waals surface area (Å²) >= 11 is 1.85. The Bertz CT molecular complexity index is 1170. The highest BCUT2D eigenvalue weighted by Gasteiger charge is 2.23. The van der Waals surface area contributed by atoms with Crippen molar-refractivity contribution in [1.82, 2.24) is 29.5 Å². The predicted octanol–water partition coefficient (Wildman–Crippen LogP) is 1.43. The van der Waals surface area contributed by atoms with E-state index in [-0.39, 0.29) is 11.5 Å². The van der Waals surface area contributed by atoms with Crippen LogP contribution in [0.5, 0.6) is 0 Å².